The second-order valence-electron chi connectivity index (χ2n) is 10.3. The Hall–Kier alpha value is -1.72. The zero-order chi connectivity index (χ0) is 27.2. The molecule has 1 heterocycles. The number of likely N-dealkylation sites (N-methyl/N-ethyl adjacent to an activating group) is 3. The molecular formula is C27H46N4O5S. The van der Waals surface area contributed by atoms with Gasteiger partial charge in [0, 0.05) is 58.9 Å². The van der Waals surface area contributed by atoms with Crippen LogP contribution in [0.3, 0.4) is 0 Å². The first-order chi connectivity index (χ1) is 17.6. The fourth-order valence-electron chi connectivity index (χ4n) is 5.56. The van der Waals surface area contributed by atoms with Crippen LogP contribution in [0.2, 0.25) is 0 Å². The smallest absolute Gasteiger partial charge is 0.248 e. The van der Waals surface area contributed by atoms with Crippen molar-refractivity contribution in [2.24, 2.45) is 0 Å². The Balaban J connectivity index is 1.45. The molecule has 0 aromatic heterocycles. The molecule has 2 aliphatic rings. The summed E-state index contributed by atoms with van der Waals surface area (Å²) in [5.74, 6) is 0.598. The zero-order valence-electron chi connectivity index (χ0n) is 23.5. The Morgan fingerprint density at radius 3 is 2.43 bits per heavy atom. The van der Waals surface area contributed by atoms with Crippen molar-refractivity contribution >= 4 is 15.9 Å². The summed E-state index contributed by atoms with van der Waals surface area (Å²) in [6.07, 6.45) is 3.73. The molecule has 0 unspecified atom stereocenters. The first kappa shape index (κ1) is 29.8. The topological polar surface area (TPSA) is 82.6 Å². The molecule has 10 heteroatoms. The van der Waals surface area contributed by atoms with Crippen LogP contribution in [-0.2, 0) is 26.0 Å². The average Bonchev–Trinajstić information content (AvgIpc) is 3.39. The normalized spacial score (nSPS) is 21.5. The molecule has 2 fully saturated rings. The van der Waals surface area contributed by atoms with E-state index >= 15 is 0 Å². The van der Waals surface area contributed by atoms with E-state index in [2.05, 4.69) is 16.7 Å². The molecule has 1 aliphatic carbocycles. The van der Waals surface area contributed by atoms with Gasteiger partial charge >= 0.3 is 0 Å². The van der Waals surface area contributed by atoms with Crippen LogP contribution < -0.4 is 4.74 Å². The summed E-state index contributed by atoms with van der Waals surface area (Å²) >= 11 is 0. The van der Waals surface area contributed by atoms with Crippen molar-refractivity contribution < 1.29 is 22.7 Å². The lowest BCUT2D eigenvalue weighted by atomic mass is 10.1. The molecule has 1 aliphatic heterocycles. The van der Waals surface area contributed by atoms with Crippen LogP contribution in [-0.4, -0.2) is 119 Å². The number of aryl methyl sites for hydroxylation is 2. The summed E-state index contributed by atoms with van der Waals surface area (Å²) in [6, 6.07) is 4.30. The minimum Gasteiger partial charge on any atom is -0.497 e. The fraction of sp³-hybridized carbons (Fsp3) is 0.741. The van der Waals surface area contributed by atoms with Gasteiger partial charge in [0.25, 0.3) is 0 Å². The Morgan fingerprint density at radius 2 is 1.81 bits per heavy atom. The summed E-state index contributed by atoms with van der Waals surface area (Å²) in [6.45, 7) is 11.8. The molecule has 1 saturated heterocycles. The lowest BCUT2D eigenvalue weighted by molar-refractivity contribution is -0.136. The monoisotopic (exact) mass is 538 g/mol. The maximum Gasteiger partial charge on any atom is 0.248 e. The molecule has 1 amide bonds. The first-order valence-corrected chi connectivity index (χ1v) is 15.0. The van der Waals surface area contributed by atoms with Gasteiger partial charge < -0.3 is 19.3 Å². The van der Waals surface area contributed by atoms with Crippen molar-refractivity contribution in [2.75, 3.05) is 73.7 Å². The highest BCUT2D eigenvalue weighted by atomic mass is 32.2. The number of sulfonamides is 1. The van der Waals surface area contributed by atoms with E-state index in [4.69, 9.17) is 9.47 Å². The molecule has 0 spiro atoms. The summed E-state index contributed by atoms with van der Waals surface area (Å²) in [5, 5.41) is 0. The van der Waals surface area contributed by atoms with Crippen molar-refractivity contribution in [3.63, 3.8) is 0 Å². The number of methoxy groups -OCH3 is 1. The van der Waals surface area contributed by atoms with Crippen molar-refractivity contribution in [3.8, 4) is 5.75 Å². The molecule has 1 saturated carbocycles. The number of hydrogen-bond donors (Lipinski definition) is 0. The summed E-state index contributed by atoms with van der Waals surface area (Å²) in [5.41, 5.74) is 1.38. The highest BCUT2D eigenvalue weighted by Gasteiger charge is 2.34. The maximum atomic E-state index is 13.3. The third-order valence-electron chi connectivity index (χ3n) is 8.07. The van der Waals surface area contributed by atoms with E-state index in [0.29, 0.717) is 28.7 Å². The SMILES string of the molecule is CCc1cc(OC)cc(C)c1S(=O)(=O)N(C)CCOCC(=O)N(C)[C@H]1CC[C@@H](N2CCN(CC)CC2)C1. The minimum absolute atomic E-state index is 0.0392. The molecule has 0 bridgehead atoms. The number of benzene rings is 1. The molecule has 210 valence electrons. The van der Waals surface area contributed by atoms with E-state index in [-0.39, 0.29) is 31.7 Å². The zero-order valence-corrected chi connectivity index (χ0v) is 24.3. The van der Waals surface area contributed by atoms with E-state index in [0.717, 1.165) is 57.5 Å². The lowest BCUT2D eigenvalue weighted by Gasteiger charge is -2.38. The minimum atomic E-state index is -3.69. The quantitative estimate of drug-likeness (QED) is 0.378. The van der Waals surface area contributed by atoms with Gasteiger partial charge in [0.05, 0.1) is 18.6 Å². The van der Waals surface area contributed by atoms with Gasteiger partial charge in [0.15, 0.2) is 0 Å². The van der Waals surface area contributed by atoms with E-state index < -0.39 is 10.0 Å². The van der Waals surface area contributed by atoms with Crippen LogP contribution in [0.4, 0.5) is 0 Å². The highest BCUT2D eigenvalue weighted by Crippen LogP contribution is 2.29. The van der Waals surface area contributed by atoms with Crippen molar-refractivity contribution in [1.82, 2.24) is 19.0 Å². The number of nitrogens with zero attached hydrogens (tertiary/aromatic N) is 4. The van der Waals surface area contributed by atoms with Gasteiger partial charge in [0.2, 0.25) is 15.9 Å². The molecule has 2 atom stereocenters. The van der Waals surface area contributed by atoms with Gasteiger partial charge in [-0.2, -0.15) is 4.31 Å². The Bertz CT molecular complexity index is 1010. The highest BCUT2D eigenvalue weighted by molar-refractivity contribution is 7.89. The van der Waals surface area contributed by atoms with Gasteiger partial charge in [0.1, 0.15) is 12.4 Å². The standard InChI is InChI=1S/C27H46N4O5S/c1-7-22-18-25(35-6)17-21(3)27(22)37(33,34)28(4)15-16-36-20-26(32)29(5)23-9-10-24(19-23)31-13-11-30(8-2)12-14-31/h17-18,23-24H,7-16,19-20H2,1-6H3/t23-,24+/m0/s1. The summed E-state index contributed by atoms with van der Waals surface area (Å²) in [4.78, 5) is 20.0. The average molecular weight is 539 g/mol. The molecule has 37 heavy (non-hydrogen) atoms. The second kappa shape index (κ2) is 13.4. The van der Waals surface area contributed by atoms with E-state index in [1.165, 1.54) is 4.31 Å². The summed E-state index contributed by atoms with van der Waals surface area (Å²) in [7, 11) is 1.29. The second-order valence-corrected chi connectivity index (χ2v) is 12.2. The third kappa shape index (κ3) is 7.23. The van der Waals surface area contributed by atoms with E-state index in [1.54, 1.807) is 33.2 Å². The summed E-state index contributed by atoms with van der Waals surface area (Å²) < 4.78 is 38.8. The molecule has 9 nitrogen and oxygen atoms in total. The van der Waals surface area contributed by atoms with Crippen molar-refractivity contribution in [2.45, 2.75) is 63.4 Å². The van der Waals surface area contributed by atoms with Gasteiger partial charge in [-0.25, -0.2) is 8.42 Å². The number of rotatable bonds is 12. The lowest BCUT2D eigenvalue weighted by Crippen LogP contribution is -2.50. The van der Waals surface area contributed by atoms with Gasteiger partial charge in [-0.1, -0.05) is 13.8 Å². The predicted molar refractivity (Wildman–Crippen MR) is 146 cm³/mol. The molecule has 0 N–H and O–H groups in total. The molecular weight excluding hydrogens is 492 g/mol. The Kier molecular flexibility index (Phi) is 10.8. The number of piperazine rings is 1. The van der Waals surface area contributed by atoms with Gasteiger partial charge in [-0.05, 0) is 62.4 Å². The number of amides is 1. The fourth-order valence-corrected chi connectivity index (χ4v) is 7.18. The van der Waals surface area contributed by atoms with Crippen molar-refractivity contribution in [1.29, 1.82) is 0 Å². The molecule has 0 radical (unpaired) electrons. The third-order valence-corrected chi connectivity index (χ3v) is 10.2. The number of carbonyl (C=O) groups excluding carboxylic acids is 1. The number of hydrogen-bond acceptors (Lipinski definition) is 7. The molecule has 3 rings (SSSR count). The van der Waals surface area contributed by atoms with E-state index in [9.17, 15) is 13.2 Å². The van der Waals surface area contributed by atoms with Crippen LogP contribution in [0.25, 0.3) is 0 Å². The van der Waals surface area contributed by atoms with E-state index in [1.807, 2.05) is 18.9 Å². The van der Waals surface area contributed by atoms with Crippen LogP contribution in [0, 0.1) is 6.92 Å². The number of ether oxygens (including phenoxy) is 2. The van der Waals surface area contributed by atoms with Gasteiger partial charge in [-0.15, -0.1) is 0 Å². The Labute approximate surface area is 223 Å². The van der Waals surface area contributed by atoms with Crippen LogP contribution in [0.15, 0.2) is 17.0 Å². The van der Waals surface area contributed by atoms with Crippen LogP contribution in [0.1, 0.15) is 44.2 Å². The molecule has 1 aromatic rings. The first-order valence-electron chi connectivity index (χ1n) is 13.6. The maximum absolute atomic E-state index is 13.3. The van der Waals surface area contributed by atoms with Crippen LogP contribution >= 0.6 is 0 Å². The van der Waals surface area contributed by atoms with Crippen molar-refractivity contribution in [3.05, 3.63) is 23.3 Å². The van der Waals surface area contributed by atoms with Gasteiger partial charge in [-0.3, -0.25) is 9.69 Å². The number of carbonyl (C=O) groups is 1. The predicted octanol–water partition coefficient (Wildman–Crippen LogP) is 2.22. The largest absolute Gasteiger partial charge is 0.497 e. The molecule has 1 aromatic carbocycles. The van der Waals surface area contributed by atoms with Crippen LogP contribution in [0.5, 0.6) is 5.75 Å². The Morgan fingerprint density at radius 1 is 1.11 bits per heavy atom.